The number of hydrogen-bond donors (Lipinski definition) is 0. The van der Waals surface area contributed by atoms with Gasteiger partial charge in [0.1, 0.15) is 5.82 Å². The summed E-state index contributed by atoms with van der Waals surface area (Å²) in [6, 6.07) is 2.49. The molecule has 1 aromatic rings. The molecule has 0 aliphatic rings. The molecule has 0 N–H and O–H groups in total. The lowest BCUT2D eigenvalue weighted by atomic mass is 10.1. The lowest BCUT2D eigenvalue weighted by Crippen LogP contribution is -2.01. The number of alkyl halides is 1. The van der Waals surface area contributed by atoms with Crippen molar-refractivity contribution < 1.29 is 9.18 Å². The van der Waals surface area contributed by atoms with Crippen molar-refractivity contribution in [3.8, 4) is 0 Å². The third kappa shape index (κ3) is 2.51. The van der Waals surface area contributed by atoms with Crippen molar-refractivity contribution in [2.45, 2.75) is 0 Å². The van der Waals surface area contributed by atoms with Crippen LogP contribution < -0.4 is 0 Å². The second-order valence-electron chi connectivity index (χ2n) is 2.30. The molecule has 0 heterocycles. The van der Waals surface area contributed by atoms with Crippen LogP contribution in [0.3, 0.4) is 0 Å². The van der Waals surface area contributed by atoms with E-state index in [-0.39, 0.29) is 16.1 Å². The van der Waals surface area contributed by atoms with Crippen LogP contribution in [-0.2, 0) is 0 Å². The van der Waals surface area contributed by atoms with Gasteiger partial charge in [0.15, 0.2) is 5.78 Å². The van der Waals surface area contributed by atoms with Crippen molar-refractivity contribution >= 4 is 49.2 Å². The minimum absolute atomic E-state index is 0.0486. The van der Waals surface area contributed by atoms with Gasteiger partial charge in [-0.3, -0.25) is 4.79 Å². The average Bonchev–Trinajstić information content (AvgIpc) is 2.10. The number of carbonyl (C=O) groups is 1. The highest BCUT2D eigenvalue weighted by atomic mass is 79.9. The van der Waals surface area contributed by atoms with Crippen molar-refractivity contribution in [1.82, 2.24) is 0 Å². The van der Waals surface area contributed by atoms with Gasteiger partial charge in [-0.05, 0) is 28.1 Å². The molecular weight excluding hydrogens is 326 g/mol. The first-order chi connectivity index (χ1) is 6.06. The molecule has 0 unspecified atom stereocenters. The van der Waals surface area contributed by atoms with Crippen LogP contribution in [0.2, 0.25) is 5.02 Å². The van der Waals surface area contributed by atoms with Gasteiger partial charge < -0.3 is 0 Å². The summed E-state index contributed by atoms with van der Waals surface area (Å²) >= 11 is 11.6. The second kappa shape index (κ2) is 4.53. The first-order valence-electron chi connectivity index (χ1n) is 3.30. The molecule has 70 valence electrons. The zero-order valence-corrected chi connectivity index (χ0v) is 10.2. The fourth-order valence-corrected chi connectivity index (χ4v) is 1.81. The Hall–Kier alpha value is 0.0700. The normalized spacial score (nSPS) is 10.2. The van der Waals surface area contributed by atoms with Gasteiger partial charge in [-0.15, -0.1) is 0 Å². The maximum absolute atomic E-state index is 12.8. The van der Waals surface area contributed by atoms with Crippen molar-refractivity contribution in [3.63, 3.8) is 0 Å². The van der Waals surface area contributed by atoms with Crippen LogP contribution in [0, 0.1) is 5.82 Å². The fourth-order valence-electron chi connectivity index (χ4n) is 0.808. The van der Waals surface area contributed by atoms with Crippen LogP contribution in [0.1, 0.15) is 10.4 Å². The third-order valence-electron chi connectivity index (χ3n) is 1.43. The Morgan fingerprint density at radius 2 is 2.15 bits per heavy atom. The number of ketones is 1. The fraction of sp³-hybridized carbons (Fsp3) is 0.125. The van der Waals surface area contributed by atoms with Gasteiger partial charge in [0, 0.05) is 10.0 Å². The summed E-state index contributed by atoms with van der Waals surface area (Å²) in [6.07, 6.45) is 0. The molecule has 0 aliphatic carbocycles. The standard InChI is InChI=1S/C8H4Br2ClFO/c9-3-8(13)4-1-6(11)7(12)2-5(4)10/h1-2H,3H2. The molecule has 0 bridgehead atoms. The van der Waals surface area contributed by atoms with Gasteiger partial charge >= 0.3 is 0 Å². The van der Waals surface area contributed by atoms with E-state index in [9.17, 15) is 9.18 Å². The number of hydrogen-bond acceptors (Lipinski definition) is 1. The van der Waals surface area contributed by atoms with E-state index in [2.05, 4.69) is 31.9 Å². The monoisotopic (exact) mass is 328 g/mol. The van der Waals surface area contributed by atoms with Crippen LogP contribution in [-0.4, -0.2) is 11.1 Å². The highest BCUT2D eigenvalue weighted by Crippen LogP contribution is 2.25. The quantitative estimate of drug-likeness (QED) is 0.458. The highest BCUT2D eigenvalue weighted by Gasteiger charge is 2.12. The first-order valence-corrected chi connectivity index (χ1v) is 5.59. The van der Waals surface area contributed by atoms with Gasteiger partial charge in [0.05, 0.1) is 10.4 Å². The Bertz CT molecular complexity index is 354. The smallest absolute Gasteiger partial charge is 0.174 e. The Morgan fingerprint density at radius 1 is 1.54 bits per heavy atom. The van der Waals surface area contributed by atoms with Gasteiger partial charge in [-0.2, -0.15) is 0 Å². The van der Waals surface area contributed by atoms with Crippen LogP contribution >= 0.6 is 43.5 Å². The zero-order valence-electron chi connectivity index (χ0n) is 6.28. The lowest BCUT2D eigenvalue weighted by Gasteiger charge is -2.02. The molecule has 0 amide bonds. The summed E-state index contributed by atoms with van der Waals surface area (Å²) in [6.45, 7) is 0. The molecule has 1 rings (SSSR count). The molecule has 13 heavy (non-hydrogen) atoms. The molecule has 0 aromatic heterocycles. The van der Waals surface area contributed by atoms with Crippen molar-refractivity contribution in [1.29, 1.82) is 0 Å². The van der Waals surface area contributed by atoms with Gasteiger partial charge in [-0.25, -0.2) is 4.39 Å². The Morgan fingerprint density at radius 3 is 2.69 bits per heavy atom. The van der Waals surface area contributed by atoms with Crippen molar-refractivity contribution in [2.75, 3.05) is 5.33 Å². The average molecular weight is 330 g/mol. The zero-order chi connectivity index (χ0) is 10.0. The summed E-state index contributed by atoms with van der Waals surface area (Å²) in [4.78, 5) is 11.2. The van der Waals surface area contributed by atoms with E-state index in [1.807, 2.05) is 0 Å². The van der Waals surface area contributed by atoms with E-state index in [0.29, 0.717) is 10.0 Å². The minimum atomic E-state index is -0.542. The van der Waals surface area contributed by atoms with Gasteiger partial charge in [0.25, 0.3) is 0 Å². The predicted octanol–water partition coefficient (Wildman–Crippen LogP) is 3.82. The molecule has 0 atom stereocenters. The topological polar surface area (TPSA) is 17.1 Å². The molecule has 0 saturated carbocycles. The summed E-state index contributed by atoms with van der Waals surface area (Å²) in [5, 5.41) is 0.139. The molecule has 0 saturated heterocycles. The second-order valence-corrected chi connectivity index (χ2v) is 4.13. The van der Waals surface area contributed by atoms with E-state index in [0.717, 1.165) is 0 Å². The van der Waals surface area contributed by atoms with Gasteiger partial charge in [0.2, 0.25) is 0 Å². The maximum Gasteiger partial charge on any atom is 0.174 e. The van der Waals surface area contributed by atoms with Gasteiger partial charge in [-0.1, -0.05) is 27.5 Å². The maximum atomic E-state index is 12.8. The molecular formula is C8H4Br2ClFO. The van der Waals surface area contributed by atoms with Crippen molar-refractivity contribution in [2.24, 2.45) is 0 Å². The Labute approximate surface area is 96.5 Å². The number of rotatable bonds is 2. The number of carbonyl (C=O) groups excluding carboxylic acids is 1. The summed E-state index contributed by atoms with van der Waals surface area (Å²) in [5.41, 5.74) is 0.378. The van der Waals surface area contributed by atoms with E-state index in [1.165, 1.54) is 12.1 Å². The summed E-state index contributed by atoms with van der Waals surface area (Å²) in [5.74, 6) is -0.687. The molecule has 0 radical (unpaired) electrons. The van der Waals surface area contributed by atoms with E-state index >= 15 is 0 Å². The van der Waals surface area contributed by atoms with E-state index in [4.69, 9.17) is 11.6 Å². The van der Waals surface area contributed by atoms with Crippen molar-refractivity contribution in [3.05, 3.63) is 33.0 Å². The largest absolute Gasteiger partial charge is 0.293 e. The Balaban J connectivity index is 3.23. The van der Waals surface area contributed by atoms with E-state index in [1.54, 1.807) is 0 Å². The molecule has 1 nitrogen and oxygen atoms in total. The number of halogens is 4. The highest BCUT2D eigenvalue weighted by molar-refractivity contribution is 9.10. The molecule has 5 heteroatoms. The molecule has 0 fully saturated rings. The number of benzene rings is 1. The van der Waals surface area contributed by atoms with Crippen LogP contribution in [0.5, 0.6) is 0 Å². The summed E-state index contributed by atoms with van der Waals surface area (Å²) in [7, 11) is 0. The van der Waals surface area contributed by atoms with E-state index < -0.39 is 5.82 Å². The lowest BCUT2D eigenvalue weighted by molar-refractivity contribution is 0.102. The molecule has 0 aliphatic heterocycles. The minimum Gasteiger partial charge on any atom is -0.293 e. The first kappa shape index (κ1) is 11.1. The van der Waals surface area contributed by atoms with Crippen LogP contribution in [0.15, 0.2) is 16.6 Å². The molecule has 0 spiro atoms. The van der Waals surface area contributed by atoms with Crippen LogP contribution in [0.4, 0.5) is 4.39 Å². The number of Topliss-reactive ketones (excluding diaryl/α,β-unsaturated/α-hetero) is 1. The Kier molecular flexibility index (Phi) is 3.88. The SMILES string of the molecule is O=C(CBr)c1cc(Cl)c(F)cc1Br. The third-order valence-corrected chi connectivity index (χ3v) is 2.89. The molecule has 1 aromatic carbocycles. The van der Waals surface area contributed by atoms with Crippen LogP contribution in [0.25, 0.3) is 0 Å². The predicted molar refractivity (Wildman–Crippen MR) is 57.2 cm³/mol. The summed E-state index contributed by atoms with van der Waals surface area (Å²) < 4.78 is 13.3.